The first kappa shape index (κ1) is 11.5. The van der Waals surface area contributed by atoms with Crippen molar-refractivity contribution >= 4 is 5.97 Å². The van der Waals surface area contributed by atoms with Crippen LogP contribution in [0, 0.1) is 0 Å². The molecule has 0 amide bonds. The van der Waals surface area contributed by atoms with Crippen LogP contribution in [-0.2, 0) is 11.3 Å². The monoisotopic (exact) mass is 257 g/mol. The number of hydrogen-bond acceptors (Lipinski definition) is 5. The summed E-state index contributed by atoms with van der Waals surface area (Å²) in [6, 6.07) is 10.4. The first-order valence-corrected chi connectivity index (χ1v) is 5.79. The maximum Gasteiger partial charge on any atom is 0.338 e. The number of fused-ring (bicyclic) bond motifs is 1. The highest BCUT2D eigenvalue weighted by molar-refractivity contribution is 5.90. The molecular weight excluding hydrogens is 246 g/mol. The van der Waals surface area contributed by atoms with Gasteiger partial charge in [0, 0.05) is 6.20 Å². The molecule has 0 saturated carbocycles. The Bertz CT molecular complexity index is 598. The molecule has 0 unspecified atom stereocenters. The van der Waals surface area contributed by atoms with Crippen molar-refractivity contribution in [3.8, 4) is 11.5 Å². The summed E-state index contributed by atoms with van der Waals surface area (Å²) >= 11 is 0. The summed E-state index contributed by atoms with van der Waals surface area (Å²) in [7, 11) is 0. The molecular formula is C14H11NO4. The Morgan fingerprint density at radius 3 is 2.95 bits per heavy atom. The fourth-order valence-electron chi connectivity index (χ4n) is 1.73. The second-order valence-electron chi connectivity index (χ2n) is 3.97. The average Bonchev–Trinajstić information content (AvgIpc) is 2.93. The number of carbonyl (C=O) groups is 1. The van der Waals surface area contributed by atoms with Crippen molar-refractivity contribution < 1.29 is 19.0 Å². The average molecular weight is 257 g/mol. The van der Waals surface area contributed by atoms with Gasteiger partial charge in [-0.1, -0.05) is 6.07 Å². The molecule has 1 aromatic carbocycles. The highest BCUT2D eigenvalue weighted by atomic mass is 16.7. The van der Waals surface area contributed by atoms with Crippen LogP contribution in [0.4, 0.5) is 0 Å². The minimum absolute atomic E-state index is 0.147. The number of benzene rings is 1. The Morgan fingerprint density at radius 2 is 2.11 bits per heavy atom. The van der Waals surface area contributed by atoms with Crippen molar-refractivity contribution in [2.45, 2.75) is 6.61 Å². The number of hydrogen-bond donors (Lipinski definition) is 0. The van der Waals surface area contributed by atoms with Gasteiger partial charge in [0.25, 0.3) is 0 Å². The summed E-state index contributed by atoms with van der Waals surface area (Å²) in [4.78, 5) is 16.0. The van der Waals surface area contributed by atoms with Gasteiger partial charge in [0.1, 0.15) is 6.61 Å². The minimum atomic E-state index is -0.413. The third-order valence-corrected chi connectivity index (χ3v) is 2.69. The van der Waals surface area contributed by atoms with Crippen molar-refractivity contribution in [3.05, 3.63) is 53.9 Å². The summed E-state index contributed by atoms with van der Waals surface area (Å²) in [6.45, 7) is 0.329. The number of nitrogens with zero attached hydrogens (tertiary/aromatic N) is 1. The summed E-state index contributed by atoms with van der Waals surface area (Å²) in [5, 5.41) is 0. The third-order valence-electron chi connectivity index (χ3n) is 2.69. The van der Waals surface area contributed by atoms with E-state index in [1.807, 2.05) is 12.1 Å². The minimum Gasteiger partial charge on any atom is -0.456 e. The lowest BCUT2D eigenvalue weighted by atomic mass is 10.2. The van der Waals surface area contributed by atoms with Crippen LogP contribution in [0.25, 0.3) is 0 Å². The van der Waals surface area contributed by atoms with E-state index in [0.717, 1.165) is 0 Å². The lowest BCUT2D eigenvalue weighted by Gasteiger charge is -2.05. The zero-order valence-corrected chi connectivity index (χ0v) is 10.0. The highest BCUT2D eigenvalue weighted by Crippen LogP contribution is 2.32. The molecule has 96 valence electrons. The van der Waals surface area contributed by atoms with Crippen LogP contribution in [-0.4, -0.2) is 17.7 Å². The number of pyridine rings is 1. The van der Waals surface area contributed by atoms with Crippen LogP contribution in [0.5, 0.6) is 11.5 Å². The molecule has 0 N–H and O–H groups in total. The molecule has 0 spiro atoms. The Kier molecular flexibility index (Phi) is 3.02. The van der Waals surface area contributed by atoms with E-state index in [1.165, 1.54) is 0 Å². The summed E-state index contributed by atoms with van der Waals surface area (Å²) in [6.07, 6.45) is 1.66. The molecule has 1 aromatic heterocycles. The first-order valence-electron chi connectivity index (χ1n) is 5.79. The molecule has 0 bridgehead atoms. The van der Waals surface area contributed by atoms with Crippen LogP contribution in [0.2, 0.25) is 0 Å². The molecule has 0 fully saturated rings. The Hall–Kier alpha value is -2.56. The molecule has 3 rings (SSSR count). The zero-order valence-electron chi connectivity index (χ0n) is 10.0. The van der Waals surface area contributed by atoms with Gasteiger partial charge in [-0.2, -0.15) is 0 Å². The van der Waals surface area contributed by atoms with Gasteiger partial charge in [0.15, 0.2) is 11.5 Å². The lowest BCUT2D eigenvalue weighted by Crippen LogP contribution is -2.05. The third kappa shape index (κ3) is 2.49. The molecule has 19 heavy (non-hydrogen) atoms. The van der Waals surface area contributed by atoms with Crippen LogP contribution in [0.1, 0.15) is 16.1 Å². The standard InChI is InChI=1S/C14H11NO4/c16-14(17-8-11-3-1-2-6-15-11)10-4-5-12-13(7-10)19-9-18-12/h1-7H,8-9H2. The van der Waals surface area contributed by atoms with Gasteiger partial charge in [0.05, 0.1) is 11.3 Å². The molecule has 0 atom stereocenters. The maximum absolute atomic E-state index is 11.9. The Balaban J connectivity index is 1.67. The molecule has 2 heterocycles. The SMILES string of the molecule is O=C(OCc1ccccn1)c1ccc2c(c1)OCO2. The van der Waals surface area contributed by atoms with Crippen LogP contribution in [0.15, 0.2) is 42.6 Å². The lowest BCUT2D eigenvalue weighted by molar-refractivity contribution is 0.0467. The first-order chi connectivity index (χ1) is 9.33. The fraction of sp³-hybridized carbons (Fsp3) is 0.143. The topological polar surface area (TPSA) is 57.7 Å². The zero-order chi connectivity index (χ0) is 13.1. The molecule has 1 aliphatic heterocycles. The van der Waals surface area contributed by atoms with E-state index in [-0.39, 0.29) is 13.4 Å². The van der Waals surface area contributed by atoms with Crippen LogP contribution in [0.3, 0.4) is 0 Å². The van der Waals surface area contributed by atoms with Crippen LogP contribution < -0.4 is 9.47 Å². The maximum atomic E-state index is 11.9. The summed E-state index contributed by atoms with van der Waals surface area (Å²) in [5.41, 5.74) is 1.14. The number of esters is 1. The van der Waals surface area contributed by atoms with E-state index in [4.69, 9.17) is 14.2 Å². The second kappa shape index (κ2) is 4.97. The van der Waals surface area contributed by atoms with Crippen molar-refractivity contribution in [3.63, 3.8) is 0 Å². The molecule has 2 aromatic rings. The Labute approximate surface area is 109 Å². The molecule has 1 aliphatic rings. The van der Waals surface area contributed by atoms with Gasteiger partial charge in [-0.25, -0.2) is 4.79 Å². The van der Waals surface area contributed by atoms with Crippen molar-refractivity contribution in [1.29, 1.82) is 0 Å². The number of carbonyl (C=O) groups excluding carboxylic acids is 1. The molecule has 0 aliphatic carbocycles. The smallest absolute Gasteiger partial charge is 0.338 e. The number of aromatic nitrogens is 1. The van der Waals surface area contributed by atoms with E-state index in [9.17, 15) is 4.79 Å². The Morgan fingerprint density at radius 1 is 1.21 bits per heavy atom. The van der Waals surface area contributed by atoms with E-state index in [2.05, 4.69) is 4.98 Å². The molecule has 0 saturated heterocycles. The molecule has 5 heteroatoms. The van der Waals surface area contributed by atoms with Crippen molar-refractivity contribution in [2.24, 2.45) is 0 Å². The predicted molar refractivity (Wildman–Crippen MR) is 65.9 cm³/mol. The normalized spacial score (nSPS) is 12.2. The number of ether oxygens (including phenoxy) is 3. The number of rotatable bonds is 3. The van der Waals surface area contributed by atoms with Crippen molar-refractivity contribution in [1.82, 2.24) is 4.98 Å². The summed E-state index contributed by atoms with van der Waals surface area (Å²) < 4.78 is 15.6. The van der Waals surface area contributed by atoms with Gasteiger partial charge in [-0.15, -0.1) is 0 Å². The van der Waals surface area contributed by atoms with Gasteiger partial charge in [0.2, 0.25) is 6.79 Å². The van der Waals surface area contributed by atoms with Gasteiger partial charge >= 0.3 is 5.97 Å². The van der Waals surface area contributed by atoms with E-state index in [1.54, 1.807) is 30.5 Å². The summed E-state index contributed by atoms with van der Waals surface area (Å²) in [5.74, 6) is 0.789. The van der Waals surface area contributed by atoms with E-state index >= 15 is 0 Å². The predicted octanol–water partition coefficient (Wildman–Crippen LogP) is 2.17. The van der Waals surface area contributed by atoms with Gasteiger partial charge in [-0.05, 0) is 30.3 Å². The highest BCUT2D eigenvalue weighted by Gasteiger charge is 2.16. The quantitative estimate of drug-likeness (QED) is 0.789. The molecule has 0 radical (unpaired) electrons. The largest absolute Gasteiger partial charge is 0.456 e. The fourth-order valence-corrected chi connectivity index (χ4v) is 1.73. The van der Waals surface area contributed by atoms with Gasteiger partial charge < -0.3 is 14.2 Å². The van der Waals surface area contributed by atoms with E-state index < -0.39 is 5.97 Å². The van der Waals surface area contributed by atoms with E-state index in [0.29, 0.717) is 22.8 Å². The van der Waals surface area contributed by atoms with Crippen molar-refractivity contribution in [2.75, 3.05) is 6.79 Å². The van der Waals surface area contributed by atoms with Gasteiger partial charge in [-0.3, -0.25) is 4.98 Å². The molecule has 5 nitrogen and oxygen atoms in total. The second-order valence-corrected chi connectivity index (χ2v) is 3.97. The van der Waals surface area contributed by atoms with Crippen LogP contribution >= 0.6 is 0 Å².